The smallest absolute Gasteiger partial charge is 0.328 e. The van der Waals surface area contributed by atoms with E-state index >= 15 is 0 Å². The van der Waals surface area contributed by atoms with Crippen molar-refractivity contribution in [1.29, 1.82) is 0 Å². The first kappa shape index (κ1) is 14.1. The quantitative estimate of drug-likeness (QED) is 0.820. The van der Waals surface area contributed by atoms with Gasteiger partial charge in [0.15, 0.2) is 0 Å². The number of aromatic amines is 1. The van der Waals surface area contributed by atoms with E-state index in [2.05, 4.69) is 24.0 Å². The highest BCUT2D eigenvalue weighted by molar-refractivity contribution is 5.85. The molecule has 0 radical (unpaired) electrons. The first-order chi connectivity index (χ1) is 9.56. The fraction of sp³-hybridized carbons (Fsp3) is 0.250. The first-order valence-electron chi connectivity index (χ1n) is 6.58. The SMILES string of the molecule is CC(C)c1[nH]ncc1Cc1ccc(/C=C/C(=O)O)cc1. The second-order valence-electron chi connectivity index (χ2n) is 5.05. The zero-order chi connectivity index (χ0) is 14.5. The van der Waals surface area contributed by atoms with Crippen molar-refractivity contribution in [2.24, 2.45) is 0 Å². The molecule has 0 atom stereocenters. The molecule has 0 saturated heterocycles. The highest BCUT2D eigenvalue weighted by atomic mass is 16.4. The summed E-state index contributed by atoms with van der Waals surface area (Å²) in [6.07, 6.45) is 5.42. The third kappa shape index (κ3) is 3.57. The fourth-order valence-corrected chi connectivity index (χ4v) is 2.10. The average molecular weight is 270 g/mol. The van der Waals surface area contributed by atoms with Crippen LogP contribution in [0, 0.1) is 0 Å². The molecule has 104 valence electrons. The highest BCUT2D eigenvalue weighted by Gasteiger charge is 2.09. The Morgan fingerprint density at radius 1 is 1.35 bits per heavy atom. The van der Waals surface area contributed by atoms with E-state index in [1.807, 2.05) is 30.5 Å². The number of rotatable bonds is 5. The minimum absolute atomic E-state index is 0.422. The van der Waals surface area contributed by atoms with Gasteiger partial charge in [-0.25, -0.2) is 4.79 Å². The number of nitrogens with one attached hydrogen (secondary N) is 1. The Hall–Kier alpha value is -2.36. The number of nitrogens with zero attached hydrogens (tertiary/aromatic N) is 1. The molecule has 1 heterocycles. The summed E-state index contributed by atoms with van der Waals surface area (Å²) in [6.45, 7) is 4.27. The predicted octanol–water partition coefficient (Wildman–Crippen LogP) is 3.22. The maximum Gasteiger partial charge on any atom is 0.328 e. The van der Waals surface area contributed by atoms with Gasteiger partial charge in [0.2, 0.25) is 0 Å². The molecule has 20 heavy (non-hydrogen) atoms. The van der Waals surface area contributed by atoms with Gasteiger partial charge in [-0.15, -0.1) is 0 Å². The predicted molar refractivity (Wildman–Crippen MR) is 78.6 cm³/mol. The van der Waals surface area contributed by atoms with Crippen LogP contribution in [0.2, 0.25) is 0 Å². The second-order valence-corrected chi connectivity index (χ2v) is 5.05. The standard InChI is InChI=1S/C16H18N2O2/c1-11(2)16-14(10-17-18-16)9-13-5-3-12(4-6-13)7-8-15(19)20/h3-8,10-11H,9H2,1-2H3,(H,17,18)(H,19,20)/b8-7+. The van der Waals surface area contributed by atoms with Crippen molar-refractivity contribution in [1.82, 2.24) is 10.2 Å². The topological polar surface area (TPSA) is 66.0 Å². The molecule has 0 spiro atoms. The van der Waals surface area contributed by atoms with Gasteiger partial charge >= 0.3 is 5.97 Å². The zero-order valence-electron chi connectivity index (χ0n) is 11.6. The van der Waals surface area contributed by atoms with Crippen LogP contribution < -0.4 is 0 Å². The van der Waals surface area contributed by atoms with Crippen LogP contribution in [-0.4, -0.2) is 21.3 Å². The lowest BCUT2D eigenvalue weighted by Gasteiger charge is -2.06. The van der Waals surface area contributed by atoms with Crippen LogP contribution >= 0.6 is 0 Å². The Morgan fingerprint density at radius 3 is 2.65 bits per heavy atom. The summed E-state index contributed by atoms with van der Waals surface area (Å²) in [7, 11) is 0. The lowest BCUT2D eigenvalue weighted by molar-refractivity contribution is -0.131. The van der Waals surface area contributed by atoms with Gasteiger partial charge in [0.1, 0.15) is 0 Å². The van der Waals surface area contributed by atoms with Gasteiger partial charge in [0.05, 0.1) is 6.20 Å². The number of carboxylic acid groups (broad SMARTS) is 1. The van der Waals surface area contributed by atoms with Crippen LogP contribution in [0.3, 0.4) is 0 Å². The van der Waals surface area contributed by atoms with Crippen LogP contribution in [-0.2, 0) is 11.2 Å². The molecule has 0 aliphatic rings. The summed E-state index contributed by atoms with van der Waals surface area (Å²) < 4.78 is 0. The number of hydrogen-bond acceptors (Lipinski definition) is 2. The summed E-state index contributed by atoms with van der Waals surface area (Å²) in [6, 6.07) is 7.87. The molecule has 1 aromatic carbocycles. The average Bonchev–Trinajstić information content (AvgIpc) is 2.86. The van der Waals surface area contributed by atoms with Gasteiger partial charge in [0, 0.05) is 18.2 Å². The molecule has 2 rings (SSSR count). The number of aromatic nitrogens is 2. The number of carboxylic acids is 1. The van der Waals surface area contributed by atoms with Gasteiger partial charge in [-0.2, -0.15) is 5.10 Å². The zero-order valence-corrected chi connectivity index (χ0v) is 11.6. The van der Waals surface area contributed by atoms with Gasteiger partial charge < -0.3 is 5.11 Å². The van der Waals surface area contributed by atoms with Crippen LogP contribution in [0.25, 0.3) is 6.08 Å². The third-order valence-corrected chi connectivity index (χ3v) is 3.12. The Morgan fingerprint density at radius 2 is 2.05 bits per heavy atom. The molecular weight excluding hydrogens is 252 g/mol. The maximum atomic E-state index is 10.5. The molecule has 2 N–H and O–H groups in total. The number of hydrogen-bond donors (Lipinski definition) is 2. The van der Waals surface area contributed by atoms with Crippen LogP contribution in [0.4, 0.5) is 0 Å². The lowest BCUT2D eigenvalue weighted by Crippen LogP contribution is -1.95. The summed E-state index contributed by atoms with van der Waals surface area (Å²) in [5.74, 6) is -0.515. The Balaban J connectivity index is 2.11. The summed E-state index contributed by atoms with van der Waals surface area (Å²) in [5, 5.41) is 15.7. The molecule has 0 saturated carbocycles. The summed E-state index contributed by atoms with van der Waals surface area (Å²) >= 11 is 0. The minimum atomic E-state index is -0.936. The van der Waals surface area contributed by atoms with E-state index in [4.69, 9.17) is 5.11 Å². The molecule has 0 fully saturated rings. The number of benzene rings is 1. The van der Waals surface area contributed by atoms with E-state index < -0.39 is 5.97 Å². The molecular formula is C16H18N2O2. The summed E-state index contributed by atoms with van der Waals surface area (Å²) in [4.78, 5) is 10.5. The van der Waals surface area contributed by atoms with Gasteiger partial charge in [-0.3, -0.25) is 5.10 Å². The van der Waals surface area contributed by atoms with E-state index in [0.717, 1.165) is 18.1 Å². The molecule has 0 aliphatic carbocycles. The molecule has 2 aromatic rings. The van der Waals surface area contributed by atoms with Gasteiger partial charge in [-0.05, 0) is 28.7 Å². The molecule has 0 amide bonds. The Labute approximate surface area is 118 Å². The van der Waals surface area contributed by atoms with Crippen molar-refractivity contribution in [2.75, 3.05) is 0 Å². The van der Waals surface area contributed by atoms with E-state index in [9.17, 15) is 4.79 Å². The van der Waals surface area contributed by atoms with Crippen LogP contribution in [0.1, 0.15) is 42.1 Å². The third-order valence-electron chi connectivity index (χ3n) is 3.12. The van der Waals surface area contributed by atoms with Crippen molar-refractivity contribution >= 4 is 12.0 Å². The molecule has 0 aliphatic heterocycles. The minimum Gasteiger partial charge on any atom is -0.478 e. The van der Waals surface area contributed by atoms with Crippen molar-refractivity contribution in [3.63, 3.8) is 0 Å². The second kappa shape index (κ2) is 6.19. The summed E-state index contributed by atoms with van der Waals surface area (Å²) in [5.41, 5.74) is 4.43. The molecule has 4 nitrogen and oxygen atoms in total. The van der Waals surface area contributed by atoms with Crippen LogP contribution in [0.15, 0.2) is 36.5 Å². The lowest BCUT2D eigenvalue weighted by atomic mass is 9.99. The molecule has 1 aromatic heterocycles. The van der Waals surface area contributed by atoms with E-state index in [1.54, 1.807) is 6.08 Å². The Bertz CT molecular complexity index is 610. The van der Waals surface area contributed by atoms with E-state index in [1.165, 1.54) is 16.8 Å². The van der Waals surface area contributed by atoms with Gasteiger partial charge in [0.25, 0.3) is 0 Å². The molecule has 0 bridgehead atoms. The Kier molecular flexibility index (Phi) is 4.35. The first-order valence-corrected chi connectivity index (χ1v) is 6.58. The van der Waals surface area contributed by atoms with Gasteiger partial charge in [-0.1, -0.05) is 38.1 Å². The molecule has 0 unspecified atom stereocenters. The van der Waals surface area contributed by atoms with Crippen LogP contribution in [0.5, 0.6) is 0 Å². The number of aliphatic carboxylic acids is 1. The van der Waals surface area contributed by atoms with Crippen molar-refractivity contribution in [3.05, 3.63) is 58.9 Å². The number of H-pyrrole nitrogens is 1. The fourth-order valence-electron chi connectivity index (χ4n) is 2.10. The largest absolute Gasteiger partial charge is 0.478 e. The van der Waals surface area contributed by atoms with Crippen molar-refractivity contribution in [3.8, 4) is 0 Å². The monoisotopic (exact) mass is 270 g/mol. The number of carbonyl (C=O) groups is 1. The van der Waals surface area contributed by atoms with Crippen molar-refractivity contribution < 1.29 is 9.90 Å². The van der Waals surface area contributed by atoms with E-state index in [-0.39, 0.29) is 0 Å². The normalized spacial score (nSPS) is 11.3. The molecule has 4 heteroatoms. The highest BCUT2D eigenvalue weighted by Crippen LogP contribution is 2.19. The maximum absolute atomic E-state index is 10.5. The van der Waals surface area contributed by atoms with E-state index in [0.29, 0.717) is 5.92 Å². The van der Waals surface area contributed by atoms with Crippen molar-refractivity contribution in [2.45, 2.75) is 26.2 Å².